The van der Waals surface area contributed by atoms with Gasteiger partial charge in [0.25, 0.3) is 0 Å². The van der Waals surface area contributed by atoms with E-state index in [0.717, 1.165) is 5.69 Å². The largest absolute Gasteiger partial charge is 0.272 e. The third-order valence-electron chi connectivity index (χ3n) is 5.62. The van der Waals surface area contributed by atoms with E-state index in [9.17, 15) is 0 Å². The summed E-state index contributed by atoms with van der Waals surface area (Å²) in [6.45, 7) is 0.671. The van der Waals surface area contributed by atoms with Gasteiger partial charge in [0.05, 0.1) is 18.3 Å². The molecule has 4 aromatic carbocycles. The molecule has 142 valence electrons. The van der Waals surface area contributed by atoms with Crippen molar-refractivity contribution in [3.63, 3.8) is 0 Å². The Morgan fingerprint density at radius 3 is 1.76 bits per heavy atom. The van der Waals surface area contributed by atoms with Crippen LogP contribution in [0.25, 0.3) is 11.1 Å². The molecule has 4 aromatic rings. The maximum Gasteiger partial charge on any atom is 0.0906 e. The molecule has 0 radical (unpaired) electrons. The van der Waals surface area contributed by atoms with E-state index < -0.39 is 0 Å². The van der Waals surface area contributed by atoms with Gasteiger partial charge in [0.2, 0.25) is 0 Å². The minimum Gasteiger partial charge on any atom is -0.272 e. The van der Waals surface area contributed by atoms with Crippen molar-refractivity contribution in [2.75, 3.05) is 11.7 Å². The summed E-state index contributed by atoms with van der Waals surface area (Å²) >= 11 is 0. The standard InChI is InChI=1S/C27H23NO/c1-4-10-21(11-5-1)22-16-18-24(19-17-22)27-26(23-12-6-2-7-13-23)20-29-28(27)25-14-8-3-9-15-25/h1-19,26-27H,20H2. The van der Waals surface area contributed by atoms with Gasteiger partial charge >= 0.3 is 0 Å². The first kappa shape index (κ1) is 17.7. The van der Waals surface area contributed by atoms with Crippen molar-refractivity contribution < 1.29 is 4.84 Å². The van der Waals surface area contributed by atoms with Crippen LogP contribution in [0.3, 0.4) is 0 Å². The molecule has 0 aromatic heterocycles. The first-order valence-corrected chi connectivity index (χ1v) is 10.1. The van der Waals surface area contributed by atoms with Crippen LogP contribution in [0.1, 0.15) is 23.1 Å². The van der Waals surface area contributed by atoms with Crippen molar-refractivity contribution in [3.8, 4) is 11.1 Å². The molecule has 0 N–H and O–H groups in total. The van der Waals surface area contributed by atoms with Crippen LogP contribution >= 0.6 is 0 Å². The molecule has 2 atom stereocenters. The maximum atomic E-state index is 6.22. The van der Waals surface area contributed by atoms with Crippen LogP contribution in [0.15, 0.2) is 115 Å². The Bertz CT molecular complexity index is 998. The SMILES string of the molecule is c1ccc(-c2ccc(C3C(c4ccccc4)CON3c3ccccc3)cc2)cc1. The molecule has 0 aliphatic carbocycles. The molecule has 29 heavy (non-hydrogen) atoms. The highest BCUT2D eigenvalue weighted by Crippen LogP contribution is 2.44. The summed E-state index contributed by atoms with van der Waals surface area (Å²) in [6.07, 6.45) is 0. The Kier molecular flexibility index (Phi) is 4.85. The molecule has 0 saturated carbocycles. The second-order valence-corrected chi connectivity index (χ2v) is 7.41. The molecule has 2 heteroatoms. The first-order chi connectivity index (χ1) is 14.4. The molecule has 1 aliphatic rings. The number of para-hydroxylation sites is 1. The zero-order chi connectivity index (χ0) is 19.5. The van der Waals surface area contributed by atoms with Crippen molar-refractivity contribution in [3.05, 3.63) is 126 Å². The van der Waals surface area contributed by atoms with E-state index in [-0.39, 0.29) is 12.0 Å². The molecule has 1 aliphatic heterocycles. The molecule has 1 saturated heterocycles. The van der Waals surface area contributed by atoms with Gasteiger partial charge in [-0.1, -0.05) is 103 Å². The van der Waals surface area contributed by atoms with Crippen LogP contribution in [-0.4, -0.2) is 6.61 Å². The third kappa shape index (κ3) is 3.55. The number of benzene rings is 4. The fourth-order valence-electron chi connectivity index (χ4n) is 4.16. The lowest BCUT2D eigenvalue weighted by Gasteiger charge is -2.28. The summed E-state index contributed by atoms with van der Waals surface area (Å²) in [5, 5.41) is 2.08. The number of hydrogen-bond acceptors (Lipinski definition) is 2. The molecule has 1 fully saturated rings. The van der Waals surface area contributed by atoms with E-state index in [1.807, 2.05) is 6.07 Å². The molecule has 2 unspecified atom stereocenters. The van der Waals surface area contributed by atoms with Crippen LogP contribution in [0.2, 0.25) is 0 Å². The smallest absolute Gasteiger partial charge is 0.0906 e. The predicted molar refractivity (Wildman–Crippen MR) is 119 cm³/mol. The highest BCUT2D eigenvalue weighted by atomic mass is 16.7. The van der Waals surface area contributed by atoms with E-state index in [1.54, 1.807) is 0 Å². The number of rotatable bonds is 4. The second kappa shape index (κ2) is 7.94. The highest BCUT2D eigenvalue weighted by Gasteiger charge is 2.38. The molecule has 2 nitrogen and oxygen atoms in total. The van der Waals surface area contributed by atoms with E-state index in [1.165, 1.54) is 22.3 Å². The maximum absolute atomic E-state index is 6.22. The molecule has 1 heterocycles. The molecular formula is C27H23NO. The molecule has 0 bridgehead atoms. The Morgan fingerprint density at radius 2 is 1.10 bits per heavy atom. The monoisotopic (exact) mass is 377 g/mol. The fraction of sp³-hybridized carbons (Fsp3) is 0.111. The normalized spacial score (nSPS) is 18.7. The Labute approximate surface area is 172 Å². The van der Waals surface area contributed by atoms with Crippen molar-refractivity contribution in [1.82, 2.24) is 0 Å². The van der Waals surface area contributed by atoms with E-state index >= 15 is 0 Å². The lowest BCUT2D eigenvalue weighted by molar-refractivity contribution is 0.157. The Morgan fingerprint density at radius 1 is 0.552 bits per heavy atom. The van der Waals surface area contributed by atoms with Gasteiger partial charge in [0, 0.05) is 5.92 Å². The highest BCUT2D eigenvalue weighted by molar-refractivity contribution is 5.64. The summed E-state index contributed by atoms with van der Waals surface area (Å²) in [4.78, 5) is 6.22. The Hall–Kier alpha value is -3.36. The van der Waals surface area contributed by atoms with Crippen LogP contribution in [-0.2, 0) is 4.84 Å². The average Bonchev–Trinajstić information content (AvgIpc) is 3.26. The van der Waals surface area contributed by atoms with Gasteiger partial charge in [-0.2, -0.15) is 0 Å². The van der Waals surface area contributed by atoms with E-state index in [2.05, 4.69) is 114 Å². The van der Waals surface area contributed by atoms with Crippen molar-refractivity contribution in [1.29, 1.82) is 0 Å². The lowest BCUT2D eigenvalue weighted by Crippen LogP contribution is -2.23. The summed E-state index contributed by atoms with van der Waals surface area (Å²) in [5.41, 5.74) is 6.13. The summed E-state index contributed by atoms with van der Waals surface area (Å²) in [6, 6.07) is 40.6. The van der Waals surface area contributed by atoms with Crippen molar-refractivity contribution in [2.45, 2.75) is 12.0 Å². The number of nitrogens with zero attached hydrogens (tertiary/aromatic N) is 1. The number of anilines is 1. The van der Waals surface area contributed by atoms with Gasteiger partial charge in [-0.15, -0.1) is 0 Å². The zero-order valence-electron chi connectivity index (χ0n) is 16.2. The summed E-state index contributed by atoms with van der Waals surface area (Å²) < 4.78 is 0. The molecule has 0 spiro atoms. The minimum atomic E-state index is 0.129. The molecule has 0 amide bonds. The summed E-state index contributed by atoms with van der Waals surface area (Å²) in [5.74, 6) is 0.277. The minimum absolute atomic E-state index is 0.129. The average molecular weight is 377 g/mol. The number of hydroxylamine groups is 1. The number of hydrogen-bond donors (Lipinski definition) is 0. The van der Waals surface area contributed by atoms with Crippen LogP contribution in [0, 0.1) is 0 Å². The zero-order valence-corrected chi connectivity index (χ0v) is 16.2. The van der Waals surface area contributed by atoms with Gasteiger partial charge in [0.15, 0.2) is 0 Å². The molecule has 5 rings (SSSR count). The Balaban J connectivity index is 1.53. The van der Waals surface area contributed by atoms with Crippen molar-refractivity contribution >= 4 is 5.69 Å². The summed E-state index contributed by atoms with van der Waals surface area (Å²) in [7, 11) is 0. The van der Waals surface area contributed by atoms with Gasteiger partial charge < -0.3 is 0 Å². The van der Waals surface area contributed by atoms with Gasteiger partial charge in [0.1, 0.15) is 0 Å². The van der Waals surface area contributed by atoms with E-state index in [4.69, 9.17) is 4.84 Å². The fourth-order valence-corrected chi connectivity index (χ4v) is 4.16. The molecular weight excluding hydrogens is 354 g/mol. The van der Waals surface area contributed by atoms with Crippen LogP contribution < -0.4 is 5.06 Å². The van der Waals surface area contributed by atoms with Gasteiger partial charge in [-0.25, -0.2) is 5.06 Å². The third-order valence-corrected chi connectivity index (χ3v) is 5.62. The topological polar surface area (TPSA) is 12.5 Å². The van der Waals surface area contributed by atoms with E-state index in [0.29, 0.717) is 6.61 Å². The van der Waals surface area contributed by atoms with Gasteiger partial charge in [-0.3, -0.25) is 4.84 Å². The predicted octanol–water partition coefficient (Wildman–Crippen LogP) is 6.63. The van der Waals surface area contributed by atoms with Crippen molar-refractivity contribution in [2.24, 2.45) is 0 Å². The van der Waals surface area contributed by atoms with Crippen LogP contribution in [0.4, 0.5) is 5.69 Å². The second-order valence-electron chi connectivity index (χ2n) is 7.41. The first-order valence-electron chi connectivity index (χ1n) is 10.1. The lowest BCUT2D eigenvalue weighted by atomic mass is 9.87. The quantitative estimate of drug-likeness (QED) is 0.396. The van der Waals surface area contributed by atoms with Gasteiger partial charge in [-0.05, 0) is 34.4 Å². The van der Waals surface area contributed by atoms with Crippen LogP contribution in [0.5, 0.6) is 0 Å².